The summed E-state index contributed by atoms with van der Waals surface area (Å²) in [6.45, 7) is 7.25. The number of aryl methyl sites for hydroxylation is 2. The van der Waals surface area contributed by atoms with E-state index in [-0.39, 0.29) is 6.04 Å². The first-order valence-electron chi connectivity index (χ1n) is 4.95. The number of rotatable bonds is 6. The van der Waals surface area contributed by atoms with Gasteiger partial charge in [0.1, 0.15) is 0 Å². The van der Waals surface area contributed by atoms with E-state index in [0.29, 0.717) is 13.2 Å². The Morgan fingerprint density at radius 2 is 2.13 bits per heavy atom. The lowest BCUT2D eigenvalue weighted by Gasteiger charge is -2.12. The lowest BCUT2D eigenvalue weighted by Crippen LogP contribution is -2.21. The summed E-state index contributed by atoms with van der Waals surface area (Å²) in [5, 5.41) is 1.09. The maximum absolute atomic E-state index is 5.26. The van der Waals surface area contributed by atoms with E-state index in [4.69, 9.17) is 9.57 Å². The van der Waals surface area contributed by atoms with Crippen molar-refractivity contribution in [3.63, 3.8) is 0 Å². The SMILES string of the molecule is COCCONC(C)c1sc(C)nc1C. The number of nitrogens with zero attached hydrogens (tertiary/aromatic N) is 1. The maximum atomic E-state index is 5.26. The molecule has 86 valence electrons. The molecule has 0 saturated heterocycles. The molecule has 1 heterocycles. The zero-order chi connectivity index (χ0) is 11.3. The molecule has 0 amide bonds. The molecule has 0 saturated carbocycles. The lowest BCUT2D eigenvalue weighted by molar-refractivity contribution is -0.00880. The van der Waals surface area contributed by atoms with Crippen LogP contribution in [-0.4, -0.2) is 25.3 Å². The Hall–Kier alpha value is -0.490. The molecule has 0 aliphatic heterocycles. The van der Waals surface area contributed by atoms with Crippen molar-refractivity contribution in [2.45, 2.75) is 26.8 Å². The van der Waals surface area contributed by atoms with Crippen molar-refractivity contribution in [3.8, 4) is 0 Å². The van der Waals surface area contributed by atoms with Gasteiger partial charge in [-0.3, -0.25) is 4.84 Å². The second-order valence-electron chi connectivity index (χ2n) is 3.36. The molecule has 0 bridgehead atoms. The second-order valence-corrected chi connectivity index (χ2v) is 4.60. The number of thiazole rings is 1. The van der Waals surface area contributed by atoms with Crippen LogP contribution >= 0.6 is 11.3 Å². The summed E-state index contributed by atoms with van der Waals surface area (Å²) in [4.78, 5) is 10.9. The van der Waals surface area contributed by atoms with Gasteiger partial charge in [-0.2, -0.15) is 5.48 Å². The van der Waals surface area contributed by atoms with Crippen LogP contribution in [0.15, 0.2) is 0 Å². The number of aromatic nitrogens is 1. The lowest BCUT2D eigenvalue weighted by atomic mass is 10.2. The van der Waals surface area contributed by atoms with Gasteiger partial charge < -0.3 is 4.74 Å². The first kappa shape index (κ1) is 12.6. The van der Waals surface area contributed by atoms with E-state index < -0.39 is 0 Å². The number of hydroxylamine groups is 1. The summed E-state index contributed by atoms with van der Waals surface area (Å²) in [7, 11) is 1.66. The van der Waals surface area contributed by atoms with Crippen LogP contribution in [0.3, 0.4) is 0 Å². The Kier molecular flexibility index (Phi) is 5.17. The van der Waals surface area contributed by atoms with Crippen molar-refractivity contribution in [2.24, 2.45) is 0 Å². The van der Waals surface area contributed by atoms with Crippen molar-refractivity contribution >= 4 is 11.3 Å². The van der Waals surface area contributed by atoms with E-state index in [1.54, 1.807) is 18.4 Å². The summed E-state index contributed by atoms with van der Waals surface area (Å²) >= 11 is 1.70. The van der Waals surface area contributed by atoms with Gasteiger partial charge >= 0.3 is 0 Å². The van der Waals surface area contributed by atoms with Crippen molar-refractivity contribution < 1.29 is 9.57 Å². The molecule has 4 nitrogen and oxygen atoms in total. The molecule has 0 radical (unpaired) electrons. The van der Waals surface area contributed by atoms with Crippen LogP contribution < -0.4 is 5.48 Å². The van der Waals surface area contributed by atoms with Crippen LogP contribution in [-0.2, 0) is 9.57 Å². The predicted octanol–water partition coefficient (Wildman–Crippen LogP) is 1.99. The van der Waals surface area contributed by atoms with Gasteiger partial charge in [-0.1, -0.05) is 0 Å². The van der Waals surface area contributed by atoms with Crippen LogP contribution in [0.1, 0.15) is 28.5 Å². The zero-order valence-electron chi connectivity index (χ0n) is 9.66. The Balaban J connectivity index is 2.39. The van der Waals surface area contributed by atoms with Gasteiger partial charge in [0.2, 0.25) is 0 Å². The van der Waals surface area contributed by atoms with Crippen LogP contribution in [0.4, 0.5) is 0 Å². The number of hydrogen-bond donors (Lipinski definition) is 1. The first-order valence-corrected chi connectivity index (χ1v) is 5.77. The molecule has 1 aromatic rings. The van der Waals surface area contributed by atoms with Crippen LogP contribution in [0, 0.1) is 13.8 Å². The average Bonchev–Trinajstić information content (AvgIpc) is 2.52. The smallest absolute Gasteiger partial charge is 0.0916 e. The Labute approximate surface area is 94.6 Å². The van der Waals surface area contributed by atoms with Gasteiger partial charge in [0, 0.05) is 12.0 Å². The minimum Gasteiger partial charge on any atom is -0.382 e. The molecule has 5 heteroatoms. The highest BCUT2D eigenvalue weighted by atomic mass is 32.1. The fourth-order valence-electron chi connectivity index (χ4n) is 1.31. The Bertz CT molecular complexity index is 302. The molecular weight excluding hydrogens is 212 g/mol. The molecule has 0 aromatic carbocycles. The molecule has 0 aliphatic carbocycles. The summed E-state index contributed by atoms with van der Waals surface area (Å²) in [6, 6.07) is 0.174. The van der Waals surface area contributed by atoms with Crippen molar-refractivity contribution in [1.82, 2.24) is 10.5 Å². The maximum Gasteiger partial charge on any atom is 0.0916 e. The summed E-state index contributed by atoms with van der Waals surface area (Å²) in [5.41, 5.74) is 4.05. The van der Waals surface area contributed by atoms with Gasteiger partial charge in [-0.15, -0.1) is 11.3 Å². The quantitative estimate of drug-likeness (QED) is 0.599. The summed E-state index contributed by atoms with van der Waals surface area (Å²) < 4.78 is 4.88. The van der Waals surface area contributed by atoms with Crippen molar-refractivity contribution in [2.75, 3.05) is 20.3 Å². The number of methoxy groups -OCH3 is 1. The minimum absolute atomic E-state index is 0.174. The topological polar surface area (TPSA) is 43.4 Å². The zero-order valence-corrected chi connectivity index (χ0v) is 10.5. The fourth-order valence-corrected chi connectivity index (χ4v) is 2.23. The molecule has 1 aromatic heterocycles. The third-order valence-electron chi connectivity index (χ3n) is 1.98. The van der Waals surface area contributed by atoms with Crippen molar-refractivity contribution in [3.05, 3.63) is 15.6 Å². The summed E-state index contributed by atoms with van der Waals surface area (Å²) in [5.74, 6) is 0. The molecular formula is C10H18N2O2S. The summed E-state index contributed by atoms with van der Waals surface area (Å²) in [6.07, 6.45) is 0. The van der Waals surface area contributed by atoms with Gasteiger partial charge in [0.25, 0.3) is 0 Å². The molecule has 1 atom stereocenters. The number of nitrogens with one attached hydrogen (secondary N) is 1. The van der Waals surface area contributed by atoms with Crippen LogP contribution in [0.25, 0.3) is 0 Å². The second kappa shape index (κ2) is 6.17. The molecule has 15 heavy (non-hydrogen) atoms. The van der Waals surface area contributed by atoms with E-state index in [2.05, 4.69) is 17.4 Å². The first-order chi connectivity index (χ1) is 7.15. The molecule has 0 aliphatic rings. The molecule has 0 spiro atoms. The minimum atomic E-state index is 0.174. The third-order valence-corrected chi connectivity index (χ3v) is 3.24. The Morgan fingerprint density at radius 1 is 1.40 bits per heavy atom. The van der Waals surface area contributed by atoms with E-state index in [1.807, 2.05) is 13.8 Å². The molecule has 1 N–H and O–H groups in total. The Morgan fingerprint density at radius 3 is 2.67 bits per heavy atom. The average molecular weight is 230 g/mol. The van der Waals surface area contributed by atoms with Gasteiger partial charge in [-0.05, 0) is 20.8 Å². The largest absolute Gasteiger partial charge is 0.382 e. The van der Waals surface area contributed by atoms with Crippen LogP contribution in [0.2, 0.25) is 0 Å². The highest BCUT2D eigenvalue weighted by molar-refractivity contribution is 7.11. The van der Waals surface area contributed by atoms with Gasteiger partial charge in [0.05, 0.1) is 30.0 Å². The van der Waals surface area contributed by atoms with E-state index in [1.165, 1.54) is 4.88 Å². The normalized spacial score (nSPS) is 13.1. The monoisotopic (exact) mass is 230 g/mol. The molecule has 1 unspecified atom stereocenters. The van der Waals surface area contributed by atoms with Crippen LogP contribution in [0.5, 0.6) is 0 Å². The number of ether oxygens (including phenoxy) is 1. The van der Waals surface area contributed by atoms with E-state index >= 15 is 0 Å². The standard InChI is InChI=1S/C10H18N2O2S/c1-7-10(15-9(3)11-7)8(2)12-14-6-5-13-4/h8,12H,5-6H2,1-4H3. The van der Waals surface area contributed by atoms with E-state index in [0.717, 1.165) is 10.7 Å². The fraction of sp³-hybridized carbons (Fsp3) is 0.700. The molecule has 0 fully saturated rings. The van der Waals surface area contributed by atoms with Gasteiger partial charge in [-0.25, -0.2) is 4.98 Å². The van der Waals surface area contributed by atoms with E-state index in [9.17, 15) is 0 Å². The highest BCUT2D eigenvalue weighted by Gasteiger charge is 2.12. The third kappa shape index (κ3) is 3.87. The highest BCUT2D eigenvalue weighted by Crippen LogP contribution is 2.24. The predicted molar refractivity (Wildman–Crippen MR) is 61.0 cm³/mol. The van der Waals surface area contributed by atoms with Gasteiger partial charge in [0.15, 0.2) is 0 Å². The van der Waals surface area contributed by atoms with Crippen molar-refractivity contribution in [1.29, 1.82) is 0 Å². The number of hydrogen-bond acceptors (Lipinski definition) is 5. The molecule has 1 rings (SSSR count).